The van der Waals surface area contributed by atoms with Crippen LogP contribution in [0.5, 0.6) is 5.75 Å². The van der Waals surface area contributed by atoms with Crippen LogP contribution in [-0.2, 0) is 9.59 Å². The lowest BCUT2D eigenvalue weighted by molar-refractivity contribution is -0.133. The van der Waals surface area contributed by atoms with Crippen LogP contribution in [0.4, 0.5) is 5.69 Å². The number of anilines is 1. The average molecular weight is 311 g/mol. The van der Waals surface area contributed by atoms with E-state index in [1.807, 2.05) is 6.92 Å². The van der Waals surface area contributed by atoms with Crippen molar-refractivity contribution in [2.24, 2.45) is 0 Å². The number of ether oxygens (including phenoxy) is 1. The zero-order valence-electron chi connectivity index (χ0n) is 12.4. The molecule has 0 bridgehead atoms. The molecule has 2 atom stereocenters. The van der Waals surface area contributed by atoms with Crippen molar-refractivity contribution in [3.05, 3.63) is 23.2 Å². The summed E-state index contributed by atoms with van der Waals surface area (Å²) in [6.45, 7) is 3.68. The molecule has 0 spiro atoms. The Morgan fingerprint density at radius 1 is 1.38 bits per heavy atom. The summed E-state index contributed by atoms with van der Waals surface area (Å²) in [5.74, 6) is 0.275. The van der Waals surface area contributed by atoms with Crippen molar-refractivity contribution in [3.63, 3.8) is 0 Å². The minimum atomic E-state index is -0.560. The number of halogens is 1. The molecule has 0 aromatic heterocycles. The molecule has 21 heavy (non-hydrogen) atoms. The lowest BCUT2D eigenvalue weighted by Gasteiger charge is -2.37. The summed E-state index contributed by atoms with van der Waals surface area (Å²) < 4.78 is 5.11. The second-order valence-corrected chi connectivity index (χ2v) is 5.46. The lowest BCUT2D eigenvalue weighted by atomic mass is 10.0. The highest BCUT2D eigenvalue weighted by Gasteiger charge is 2.38. The highest BCUT2D eigenvalue weighted by molar-refractivity contribution is 6.32. The Kier molecular flexibility index (Phi) is 4.73. The first kappa shape index (κ1) is 15.6. The van der Waals surface area contributed by atoms with Gasteiger partial charge >= 0.3 is 0 Å². The molecule has 114 valence electrons. The van der Waals surface area contributed by atoms with Gasteiger partial charge in [0.2, 0.25) is 11.8 Å². The highest BCUT2D eigenvalue weighted by atomic mass is 35.5. The molecule has 1 N–H and O–H groups in total. The van der Waals surface area contributed by atoms with Gasteiger partial charge in [0.05, 0.1) is 12.1 Å². The van der Waals surface area contributed by atoms with E-state index in [-0.39, 0.29) is 11.8 Å². The summed E-state index contributed by atoms with van der Waals surface area (Å²) in [5.41, 5.74) is 0.606. The standard InChI is InChI=1S/C15H19ClN2O3/c1-4-5-12-15(20)18(9(2)14(19)17-12)10-6-7-13(21-3)11(16)8-10/h6-9,12H,4-5H2,1-3H3,(H,17,19). The van der Waals surface area contributed by atoms with Crippen molar-refractivity contribution in [1.82, 2.24) is 5.32 Å². The van der Waals surface area contributed by atoms with Gasteiger partial charge in [-0.3, -0.25) is 14.5 Å². The number of nitrogens with one attached hydrogen (secondary N) is 1. The number of carbonyl (C=O) groups excluding carboxylic acids is 2. The monoisotopic (exact) mass is 310 g/mol. The number of hydrogen-bond acceptors (Lipinski definition) is 3. The van der Waals surface area contributed by atoms with Gasteiger partial charge in [0.25, 0.3) is 0 Å². The van der Waals surface area contributed by atoms with Crippen LogP contribution in [0.3, 0.4) is 0 Å². The fourth-order valence-electron chi connectivity index (χ4n) is 2.47. The largest absolute Gasteiger partial charge is 0.495 e. The van der Waals surface area contributed by atoms with Crippen molar-refractivity contribution >= 4 is 29.1 Å². The van der Waals surface area contributed by atoms with Gasteiger partial charge in [-0.25, -0.2) is 0 Å². The molecule has 5 nitrogen and oxygen atoms in total. The Balaban J connectivity index is 2.36. The van der Waals surface area contributed by atoms with E-state index in [0.29, 0.717) is 22.9 Å². The number of amides is 2. The van der Waals surface area contributed by atoms with Gasteiger partial charge in [-0.2, -0.15) is 0 Å². The first-order chi connectivity index (χ1) is 9.99. The first-order valence-corrected chi connectivity index (χ1v) is 7.34. The third-order valence-corrected chi connectivity index (χ3v) is 3.91. The van der Waals surface area contributed by atoms with Gasteiger partial charge in [0.1, 0.15) is 17.8 Å². The second kappa shape index (κ2) is 6.35. The molecular weight excluding hydrogens is 292 g/mol. The molecule has 2 amide bonds. The van der Waals surface area contributed by atoms with Gasteiger partial charge in [-0.15, -0.1) is 0 Å². The van der Waals surface area contributed by atoms with E-state index in [0.717, 1.165) is 6.42 Å². The molecule has 0 aliphatic carbocycles. The molecule has 1 saturated heterocycles. The second-order valence-electron chi connectivity index (χ2n) is 5.05. The zero-order valence-corrected chi connectivity index (χ0v) is 13.1. The van der Waals surface area contributed by atoms with Gasteiger partial charge in [0.15, 0.2) is 0 Å². The van der Waals surface area contributed by atoms with Gasteiger partial charge in [-0.05, 0) is 31.5 Å². The molecule has 1 fully saturated rings. The van der Waals surface area contributed by atoms with Crippen LogP contribution in [0, 0.1) is 0 Å². The van der Waals surface area contributed by atoms with Crippen molar-refractivity contribution in [2.75, 3.05) is 12.0 Å². The normalized spacial score (nSPS) is 22.2. The fourth-order valence-corrected chi connectivity index (χ4v) is 2.72. The SMILES string of the molecule is CCCC1NC(=O)C(C)N(c2ccc(OC)c(Cl)c2)C1=O. The molecular formula is C15H19ClN2O3. The third kappa shape index (κ3) is 2.97. The van der Waals surface area contributed by atoms with Crippen molar-refractivity contribution in [2.45, 2.75) is 38.8 Å². The van der Waals surface area contributed by atoms with Crippen LogP contribution in [0.15, 0.2) is 18.2 Å². The summed E-state index contributed by atoms with van der Waals surface area (Å²) in [6.07, 6.45) is 1.44. The zero-order chi connectivity index (χ0) is 15.6. The molecule has 1 aliphatic rings. The Bertz CT molecular complexity index is 562. The molecule has 1 aromatic carbocycles. The van der Waals surface area contributed by atoms with Crippen LogP contribution in [-0.4, -0.2) is 31.0 Å². The van der Waals surface area contributed by atoms with Crippen molar-refractivity contribution in [3.8, 4) is 5.75 Å². The maximum Gasteiger partial charge on any atom is 0.250 e. The number of carbonyl (C=O) groups is 2. The molecule has 6 heteroatoms. The Morgan fingerprint density at radius 2 is 2.10 bits per heavy atom. The van der Waals surface area contributed by atoms with Crippen LogP contribution < -0.4 is 15.0 Å². The maximum atomic E-state index is 12.6. The highest BCUT2D eigenvalue weighted by Crippen LogP contribution is 2.31. The predicted molar refractivity (Wildman–Crippen MR) is 81.8 cm³/mol. The first-order valence-electron chi connectivity index (χ1n) is 6.96. The van der Waals surface area contributed by atoms with E-state index < -0.39 is 12.1 Å². The van der Waals surface area contributed by atoms with Crippen molar-refractivity contribution in [1.29, 1.82) is 0 Å². The number of piperazine rings is 1. The number of methoxy groups -OCH3 is 1. The van der Waals surface area contributed by atoms with E-state index in [1.54, 1.807) is 25.1 Å². The number of hydrogen-bond donors (Lipinski definition) is 1. The quantitative estimate of drug-likeness (QED) is 0.929. The van der Waals surface area contributed by atoms with E-state index in [2.05, 4.69) is 5.32 Å². The Labute approximate surface area is 129 Å². The molecule has 0 radical (unpaired) electrons. The summed E-state index contributed by atoms with van der Waals surface area (Å²) in [7, 11) is 1.53. The number of rotatable bonds is 4. The molecule has 1 heterocycles. The number of benzene rings is 1. The minimum Gasteiger partial charge on any atom is -0.495 e. The van der Waals surface area contributed by atoms with E-state index in [1.165, 1.54) is 12.0 Å². The van der Waals surface area contributed by atoms with Crippen LogP contribution in [0.25, 0.3) is 0 Å². The summed E-state index contributed by atoms with van der Waals surface area (Å²) in [5, 5.41) is 3.18. The van der Waals surface area contributed by atoms with Crippen molar-refractivity contribution < 1.29 is 14.3 Å². The average Bonchev–Trinajstić information content (AvgIpc) is 2.45. The number of nitrogens with zero attached hydrogens (tertiary/aromatic N) is 1. The molecule has 0 saturated carbocycles. The lowest BCUT2D eigenvalue weighted by Crippen LogP contribution is -2.62. The smallest absolute Gasteiger partial charge is 0.250 e. The predicted octanol–water partition coefficient (Wildman–Crippen LogP) is 2.37. The van der Waals surface area contributed by atoms with E-state index in [9.17, 15) is 9.59 Å². The van der Waals surface area contributed by atoms with E-state index >= 15 is 0 Å². The molecule has 1 aliphatic heterocycles. The summed E-state index contributed by atoms with van der Waals surface area (Å²) in [4.78, 5) is 26.1. The minimum absolute atomic E-state index is 0.106. The van der Waals surface area contributed by atoms with E-state index in [4.69, 9.17) is 16.3 Å². The Morgan fingerprint density at radius 3 is 2.67 bits per heavy atom. The van der Waals surface area contributed by atoms with Gasteiger partial charge < -0.3 is 10.1 Å². The molecule has 2 unspecified atom stereocenters. The van der Waals surface area contributed by atoms with Crippen LogP contribution in [0.2, 0.25) is 5.02 Å². The van der Waals surface area contributed by atoms with Crippen LogP contribution in [0.1, 0.15) is 26.7 Å². The fraction of sp³-hybridized carbons (Fsp3) is 0.467. The Hall–Kier alpha value is -1.75. The maximum absolute atomic E-state index is 12.6. The van der Waals surface area contributed by atoms with Gasteiger partial charge in [0, 0.05) is 5.69 Å². The molecule has 1 aromatic rings. The topological polar surface area (TPSA) is 58.6 Å². The van der Waals surface area contributed by atoms with Crippen LogP contribution >= 0.6 is 11.6 Å². The summed E-state index contributed by atoms with van der Waals surface area (Å²) >= 11 is 6.11. The summed E-state index contributed by atoms with van der Waals surface area (Å²) in [6, 6.07) is 4.05. The molecule has 2 rings (SSSR count). The third-order valence-electron chi connectivity index (χ3n) is 3.61. The van der Waals surface area contributed by atoms with Gasteiger partial charge in [-0.1, -0.05) is 24.9 Å².